The Morgan fingerprint density at radius 1 is 0.906 bits per heavy atom. The summed E-state index contributed by atoms with van der Waals surface area (Å²) < 4.78 is 0. The van der Waals surface area contributed by atoms with Crippen LogP contribution in [0, 0.1) is 10.1 Å². The number of hydrogen-bond acceptors (Lipinski definition) is 5. The Kier molecular flexibility index (Phi) is 7.25. The van der Waals surface area contributed by atoms with Crippen LogP contribution in [0.4, 0.5) is 11.4 Å². The molecule has 8 nitrogen and oxygen atoms in total. The van der Waals surface area contributed by atoms with E-state index >= 15 is 0 Å². The van der Waals surface area contributed by atoms with E-state index in [9.17, 15) is 19.7 Å². The summed E-state index contributed by atoms with van der Waals surface area (Å²) in [5, 5.41) is 19.2. The predicted octanol–water partition coefficient (Wildman–Crippen LogP) is 4.21. The first-order chi connectivity index (χ1) is 15.3. The number of anilines is 1. The molecule has 0 saturated carbocycles. The molecule has 1 unspecified atom stereocenters. The fourth-order valence-electron chi connectivity index (χ4n) is 2.97. The van der Waals surface area contributed by atoms with Gasteiger partial charge in [0.05, 0.1) is 11.0 Å². The van der Waals surface area contributed by atoms with Crippen LogP contribution in [-0.4, -0.2) is 21.9 Å². The van der Waals surface area contributed by atoms with Gasteiger partial charge in [-0.2, -0.15) is 0 Å². The van der Waals surface area contributed by atoms with E-state index in [-0.39, 0.29) is 28.3 Å². The Morgan fingerprint density at radius 3 is 2.19 bits per heavy atom. The van der Waals surface area contributed by atoms with E-state index < -0.39 is 10.8 Å². The van der Waals surface area contributed by atoms with Crippen LogP contribution < -0.4 is 16.0 Å². The molecule has 3 aromatic rings. The van der Waals surface area contributed by atoms with Crippen molar-refractivity contribution in [2.75, 3.05) is 5.32 Å². The van der Waals surface area contributed by atoms with Crippen molar-refractivity contribution in [1.82, 2.24) is 10.6 Å². The van der Waals surface area contributed by atoms with Crippen molar-refractivity contribution in [2.45, 2.75) is 13.0 Å². The van der Waals surface area contributed by atoms with Crippen LogP contribution in [0.5, 0.6) is 0 Å². The van der Waals surface area contributed by atoms with Gasteiger partial charge >= 0.3 is 0 Å². The van der Waals surface area contributed by atoms with Gasteiger partial charge in [0.2, 0.25) is 0 Å². The molecular formula is C23H20N4O4S. The normalized spacial score (nSPS) is 11.2. The van der Waals surface area contributed by atoms with Gasteiger partial charge in [-0.1, -0.05) is 42.5 Å². The first kappa shape index (κ1) is 22.6. The van der Waals surface area contributed by atoms with E-state index in [2.05, 4.69) is 16.0 Å². The number of carbonyl (C=O) groups excluding carboxylic acids is 2. The molecule has 0 spiro atoms. The molecule has 9 heteroatoms. The third kappa shape index (κ3) is 5.73. The summed E-state index contributed by atoms with van der Waals surface area (Å²) in [4.78, 5) is 35.3. The summed E-state index contributed by atoms with van der Waals surface area (Å²) in [5.41, 5.74) is 1.60. The highest BCUT2D eigenvalue weighted by Gasteiger charge is 2.20. The average Bonchev–Trinajstić information content (AvgIpc) is 2.79. The largest absolute Gasteiger partial charge is 0.346 e. The monoisotopic (exact) mass is 448 g/mol. The van der Waals surface area contributed by atoms with Crippen molar-refractivity contribution in [1.29, 1.82) is 0 Å². The number of thiocarbonyl (C=S) groups is 1. The first-order valence-corrected chi connectivity index (χ1v) is 10.1. The third-order valence-corrected chi connectivity index (χ3v) is 4.83. The highest BCUT2D eigenvalue weighted by molar-refractivity contribution is 7.80. The highest BCUT2D eigenvalue weighted by Crippen LogP contribution is 2.18. The lowest BCUT2D eigenvalue weighted by Crippen LogP contribution is -2.34. The molecular weight excluding hydrogens is 428 g/mol. The number of nitrogens with zero attached hydrogens (tertiary/aromatic N) is 1. The number of nitrogens with one attached hydrogen (secondary N) is 3. The van der Waals surface area contributed by atoms with Crippen molar-refractivity contribution >= 4 is 40.5 Å². The van der Waals surface area contributed by atoms with Gasteiger partial charge in [-0.25, -0.2) is 0 Å². The van der Waals surface area contributed by atoms with Crippen LogP contribution >= 0.6 is 12.2 Å². The molecule has 0 aliphatic rings. The van der Waals surface area contributed by atoms with Gasteiger partial charge in [-0.05, 0) is 55.0 Å². The molecule has 3 aromatic carbocycles. The van der Waals surface area contributed by atoms with E-state index in [0.717, 1.165) is 5.56 Å². The maximum absolute atomic E-state index is 12.5. The molecule has 3 N–H and O–H groups in total. The van der Waals surface area contributed by atoms with Crippen molar-refractivity contribution in [3.05, 3.63) is 106 Å². The maximum Gasteiger partial charge on any atom is 0.282 e. The van der Waals surface area contributed by atoms with Gasteiger partial charge in [0, 0.05) is 17.3 Å². The van der Waals surface area contributed by atoms with E-state index in [4.69, 9.17) is 12.2 Å². The maximum atomic E-state index is 12.5. The fourth-order valence-corrected chi connectivity index (χ4v) is 3.18. The van der Waals surface area contributed by atoms with Gasteiger partial charge in [-0.15, -0.1) is 0 Å². The first-order valence-electron chi connectivity index (χ1n) is 9.67. The number of hydrogen-bond donors (Lipinski definition) is 3. The molecule has 32 heavy (non-hydrogen) atoms. The summed E-state index contributed by atoms with van der Waals surface area (Å²) in [7, 11) is 0. The zero-order valence-corrected chi connectivity index (χ0v) is 17.9. The lowest BCUT2D eigenvalue weighted by Gasteiger charge is -2.15. The summed E-state index contributed by atoms with van der Waals surface area (Å²) in [6, 6.07) is 21.6. The van der Waals surface area contributed by atoms with Gasteiger partial charge in [0.15, 0.2) is 5.11 Å². The summed E-state index contributed by atoms with van der Waals surface area (Å²) in [6.45, 7) is 1.90. The number of nitro benzene ring substituents is 1. The second-order valence-corrected chi connectivity index (χ2v) is 7.27. The second kappa shape index (κ2) is 10.3. The minimum absolute atomic E-state index is 0.0250. The number of para-hydroxylation sites is 1. The zero-order chi connectivity index (χ0) is 23.1. The quantitative estimate of drug-likeness (QED) is 0.296. The Morgan fingerprint density at radius 2 is 1.53 bits per heavy atom. The highest BCUT2D eigenvalue weighted by atomic mass is 32.1. The van der Waals surface area contributed by atoms with E-state index in [1.54, 1.807) is 24.3 Å². The van der Waals surface area contributed by atoms with Gasteiger partial charge < -0.3 is 10.6 Å². The Bertz CT molecular complexity index is 1150. The van der Waals surface area contributed by atoms with Crippen molar-refractivity contribution < 1.29 is 14.5 Å². The lowest BCUT2D eigenvalue weighted by atomic mass is 10.1. The number of carbonyl (C=O) groups is 2. The van der Waals surface area contributed by atoms with Crippen LogP contribution in [0.3, 0.4) is 0 Å². The minimum Gasteiger partial charge on any atom is -0.346 e. The lowest BCUT2D eigenvalue weighted by molar-refractivity contribution is -0.385. The molecule has 0 fully saturated rings. The molecule has 0 aromatic heterocycles. The zero-order valence-electron chi connectivity index (χ0n) is 17.1. The topological polar surface area (TPSA) is 113 Å². The molecule has 3 rings (SSSR count). The molecule has 0 aliphatic carbocycles. The summed E-state index contributed by atoms with van der Waals surface area (Å²) in [6.07, 6.45) is 0. The molecule has 0 heterocycles. The predicted molar refractivity (Wildman–Crippen MR) is 126 cm³/mol. The second-order valence-electron chi connectivity index (χ2n) is 6.87. The van der Waals surface area contributed by atoms with Gasteiger partial charge in [-0.3, -0.25) is 25.0 Å². The fraction of sp³-hybridized carbons (Fsp3) is 0.0870. The van der Waals surface area contributed by atoms with Crippen LogP contribution in [0.25, 0.3) is 0 Å². The Labute approximate surface area is 189 Å². The van der Waals surface area contributed by atoms with Crippen molar-refractivity contribution in [3.8, 4) is 0 Å². The van der Waals surface area contributed by atoms with Crippen LogP contribution in [-0.2, 0) is 0 Å². The van der Waals surface area contributed by atoms with Crippen LogP contribution in [0.15, 0.2) is 78.9 Å². The smallest absolute Gasteiger partial charge is 0.282 e. The molecule has 2 amide bonds. The van der Waals surface area contributed by atoms with E-state index in [1.165, 1.54) is 24.3 Å². The molecule has 0 aliphatic heterocycles. The summed E-state index contributed by atoms with van der Waals surface area (Å²) >= 11 is 5.12. The minimum atomic E-state index is -0.694. The number of nitro groups is 1. The molecule has 1 atom stereocenters. The third-order valence-electron chi connectivity index (χ3n) is 4.62. The Hall–Kier alpha value is -4.11. The number of rotatable bonds is 6. The van der Waals surface area contributed by atoms with Crippen molar-refractivity contribution in [2.24, 2.45) is 0 Å². The standard InChI is InChI=1S/C23H20N4O4S/c1-15(16-7-3-2-4-8-16)24-21(28)17-11-13-18(14-12-17)25-23(32)26-22(29)19-9-5-6-10-20(19)27(30)31/h2-15H,1H3,(H,24,28)(H2,25,26,29,32). The van der Waals surface area contributed by atoms with Gasteiger partial charge in [0.1, 0.15) is 5.56 Å². The molecule has 0 radical (unpaired) electrons. The Balaban J connectivity index is 1.58. The number of benzene rings is 3. The average molecular weight is 449 g/mol. The summed E-state index contributed by atoms with van der Waals surface area (Å²) in [5.74, 6) is -0.916. The van der Waals surface area contributed by atoms with E-state index in [1.807, 2.05) is 37.3 Å². The number of amides is 2. The molecule has 0 bridgehead atoms. The van der Waals surface area contributed by atoms with Crippen LogP contribution in [0.2, 0.25) is 0 Å². The SMILES string of the molecule is CC(NC(=O)c1ccc(NC(=S)NC(=O)c2ccccc2[N+](=O)[O-])cc1)c1ccccc1. The van der Waals surface area contributed by atoms with Crippen LogP contribution in [0.1, 0.15) is 39.2 Å². The molecule has 0 saturated heterocycles. The van der Waals surface area contributed by atoms with Gasteiger partial charge in [0.25, 0.3) is 17.5 Å². The van der Waals surface area contributed by atoms with Crippen molar-refractivity contribution in [3.63, 3.8) is 0 Å². The molecule has 162 valence electrons. The van der Waals surface area contributed by atoms with E-state index in [0.29, 0.717) is 11.3 Å².